The molecule has 0 aromatic heterocycles. The van der Waals surface area contributed by atoms with Crippen LogP contribution in [0.2, 0.25) is 0 Å². The summed E-state index contributed by atoms with van der Waals surface area (Å²) in [6.07, 6.45) is 0. The number of phenolic OH excluding ortho intramolecular Hbond substituents is 1. The molecule has 1 aromatic carbocycles. The van der Waals surface area contributed by atoms with Crippen molar-refractivity contribution in [2.75, 3.05) is 0 Å². The summed E-state index contributed by atoms with van der Waals surface area (Å²) < 4.78 is 0. The summed E-state index contributed by atoms with van der Waals surface area (Å²) in [5.74, 6) is -0.351. The molecule has 0 saturated carbocycles. The third-order valence-corrected chi connectivity index (χ3v) is 1.75. The first kappa shape index (κ1) is 9.58. The maximum Gasteiger partial charge on any atom is 0.225 e. The number of amides is 1. The normalized spacial score (nSPS) is 12.2. The molecule has 1 rings (SSSR count). The van der Waals surface area contributed by atoms with Crippen molar-refractivity contribution in [3.8, 4) is 5.75 Å². The molecule has 13 heavy (non-hydrogen) atoms. The molecule has 1 amide bonds. The van der Waals surface area contributed by atoms with Gasteiger partial charge in [-0.2, -0.15) is 0 Å². The van der Waals surface area contributed by atoms with E-state index in [-0.39, 0.29) is 11.8 Å². The number of hydrogen-bond donors (Lipinski definition) is 2. The summed E-state index contributed by atoms with van der Waals surface area (Å²) in [5.41, 5.74) is 0.900. The second-order valence-corrected chi connectivity index (χ2v) is 2.82. The minimum absolute atomic E-state index is 0.141. The van der Waals surface area contributed by atoms with Gasteiger partial charge in [-0.3, -0.25) is 4.79 Å². The molecular weight excluding hydrogens is 166 g/mol. The molecule has 3 nitrogen and oxygen atoms in total. The average molecular weight is 177 g/mol. The van der Waals surface area contributed by atoms with Crippen molar-refractivity contribution in [2.45, 2.75) is 13.0 Å². The van der Waals surface area contributed by atoms with Gasteiger partial charge in [0.25, 0.3) is 0 Å². The first-order valence-corrected chi connectivity index (χ1v) is 3.94. The topological polar surface area (TPSA) is 49.3 Å². The lowest BCUT2D eigenvalue weighted by molar-refractivity contribution is -0.117. The lowest BCUT2D eigenvalue weighted by Crippen LogP contribution is -2.23. The molecule has 0 spiro atoms. The predicted molar refractivity (Wildman–Crippen MR) is 49.0 cm³/mol. The Morgan fingerprint density at radius 1 is 1.46 bits per heavy atom. The maximum atomic E-state index is 10.5. The van der Waals surface area contributed by atoms with E-state index in [9.17, 15) is 4.79 Å². The van der Waals surface area contributed by atoms with Gasteiger partial charge in [-0.15, -0.1) is 0 Å². The van der Waals surface area contributed by atoms with Crippen LogP contribution in [0, 0.1) is 6.92 Å². The third-order valence-electron chi connectivity index (χ3n) is 1.75. The first-order valence-electron chi connectivity index (χ1n) is 3.94. The molecule has 2 N–H and O–H groups in total. The van der Waals surface area contributed by atoms with Gasteiger partial charge in [-0.1, -0.05) is 12.1 Å². The van der Waals surface area contributed by atoms with E-state index in [4.69, 9.17) is 12.0 Å². The summed E-state index contributed by atoms with van der Waals surface area (Å²) in [6, 6.07) is 6.45. The van der Waals surface area contributed by atoms with Gasteiger partial charge < -0.3 is 10.4 Å². The molecular formula is C10H11NO2. The highest BCUT2D eigenvalue weighted by molar-refractivity contribution is 5.80. The maximum absolute atomic E-state index is 10.5. The monoisotopic (exact) mass is 177 g/mol. The zero-order valence-corrected chi connectivity index (χ0v) is 7.32. The molecule has 0 saturated heterocycles. The summed E-state index contributed by atoms with van der Waals surface area (Å²) in [7, 11) is 0. The van der Waals surface area contributed by atoms with Gasteiger partial charge in [0.1, 0.15) is 5.75 Å². The molecule has 1 atom stereocenters. The molecule has 0 bridgehead atoms. The fraction of sp³-hybridized carbons (Fsp3) is 0.200. The van der Waals surface area contributed by atoms with Crippen molar-refractivity contribution < 1.29 is 9.90 Å². The van der Waals surface area contributed by atoms with Gasteiger partial charge in [0.05, 0.1) is 13.0 Å². The molecule has 2 radical (unpaired) electrons. The molecule has 0 heterocycles. The van der Waals surface area contributed by atoms with Gasteiger partial charge in [0, 0.05) is 0 Å². The minimum Gasteiger partial charge on any atom is -0.508 e. The Morgan fingerprint density at radius 3 is 2.46 bits per heavy atom. The Labute approximate surface area is 77.4 Å². The zero-order chi connectivity index (χ0) is 9.84. The molecule has 0 aliphatic carbocycles. The van der Waals surface area contributed by atoms with Crippen LogP contribution in [-0.4, -0.2) is 11.0 Å². The smallest absolute Gasteiger partial charge is 0.225 e. The second-order valence-electron chi connectivity index (χ2n) is 2.82. The standard InChI is InChI=1S/C10H11NO2/c1-7(11-8(2)12)9-3-5-10(13)6-4-9/h2-7,13H,1H3,(H,11,12). The molecule has 3 heteroatoms. The van der Waals surface area contributed by atoms with Gasteiger partial charge in [-0.25, -0.2) is 0 Å². The number of benzene rings is 1. The summed E-state index contributed by atoms with van der Waals surface area (Å²) >= 11 is 0. The second kappa shape index (κ2) is 3.94. The highest BCUT2D eigenvalue weighted by atomic mass is 16.3. The van der Waals surface area contributed by atoms with Crippen molar-refractivity contribution in [1.29, 1.82) is 0 Å². The Morgan fingerprint density at radius 2 is 2.00 bits per heavy atom. The highest BCUT2D eigenvalue weighted by Crippen LogP contribution is 2.15. The number of rotatable bonds is 2. The van der Waals surface area contributed by atoms with Crippen LogP contribution >= 0.6 is 0 Å². The Balaban J connectivity index is 2.71. The number of nitrogens with one attached hydrogen (secondary N) is 1. The van der Waals surface area contributed by atoms with Crippen LogP contribution in [0.4, 0.5) is 0 Å². The van der Waals surface area contributed by atoms with Crippen molar-refractivity contribution in [1.82, 2.24) is 5.32 Å². The molecule has 1 aromatic rings. The van der Waals surface area contributed by atoms with Crippen LogP contribution in [0.25, 0.3) is 0 Å². The van der Waals surface area contributed by atoms with Crippen LogP contribution in [0.1, 0.15) is 18.5 Å². The van der Waals surface area contributed by atoms with E-state index in [1.165, 1.54) is 0 Å². The lowest BCUT2D eigenvalue weighted by atomic mass is 10.1. The fourth-order valence-electron chi connectivity index (χ4n) is 1.06. The van der Waals surface area contributed by atoms with Crippen LogP contribution in [0.15, 0.2) is 24.3 Å². The number of carbonyl (C=O) groups excluding carboxylic acids is 1. The molecule has 0 aliphatic heterocycles. The van der Waals surface area contributed by atoms with Crippen molar-refractivity contribution >= 4 is 5.91 Å². The van der Waals surface area contributed by atoms with E-state index >= 15 is 0 Å². The van der Waals surface area contributed by atoms with Gasteiger partial charge in [0.15, 0.2) is 0 Å². The van der Waals surface area contributed by atoms with E-state index in [2.05, 4.69) is 5.32 Å². The zero-order valence-electron chi connectivity index (χ0n) is 7.32. The van der Waals surface area contributed by atoms with Crippen LogP contribution in [0.3, 0.4) is 0 Å². The molecule has 1 unspecified atom stereocenters. The lowest BCUT2D eigenvalue weighted by Gasteiger charge is -2.12. The molecule has 68 valence electrons. The van der Waals surface area contributed by atoms with E-state index in [0.29, 0.717) is 0 Å². The van der Waals surface area contributed by atoms with Crippen LogP contribution in [0.5, 0.6) is 5.75 Å². The Hall–Kier alpha value is -1.51. The van der Waals surface area contributed by atoms with Gasteiger partial charge in [0.2, 0.25) is 5.91 Å². The first-order chi connectivity index (χ1) is 6.09. The number of aromatic hydroxyl groups is 1. The average Bonchev–Trinajstić information content (AvgIpc) is 2.04. The van der Waals surface area contributed by atoms with Gasteiger partial charge >= 0.3 is 0 Å². The van der Waals surface area contributed by atoms with Crippen molar-refractivity contribution in [3.05, 3.63) is 36.8 Å². The van der Waals surface area contributed by atoms with E-state index in [1.54, 1.807) is 24.3 Å². The Bertz CT molecular complexity index is 292. The number of hydrogen-bond acceptors (Lipinski definition) is 2. The van der Waals surface area contributed by atoms with E-state index < -0.39 is 5.91 Å². The SMILES string of the molecule is [CH]C(=O)NC(C)c1ccc(O)cc1. The van der Waals surface area contributed by atoms with Crippen molar-refractivity contribution in [2.24, 2.45) is 0 Å². The molecule has 0 fully saturated rings. The third kappa shape index (κ3) is 2.78. The fourth-order valence-corrected chi connectivity index (χ4v) is 1.06. The van der Waals surface area contributed by atoms with Gasteiger partial charge in [-0.05, 0) is 24.6 Å². The predicted octanol–water partition coefficient (Wildman–Crippen LogP) is 1.28. The van der Waals surface area contributed by atoms with Crippen LogP contribution < -0.4 is 5.32 Å². The van der Waals surface area contributed by atoms with E-state index in [0.717, 1.165) is 5.56 Å². The minimum atomic E-state index is -0.555. The van der Waals surface area contributed by atoms with Crippen molar-refractivity contribution in [3.63, 3.8) is 0 Å². The summed E-state index contributed by atoms with van der Waals surface area (Å²) in [6.45, 7) is 6.78. The highest BCUT2D eigenvalue weighted by Gasteiger charge is 2.05. The van der Waals surface area contributed by atoms with E-state index in [1.807, 2.05) is 6.92 Å². The molecule has 0 aliphatic rings. The number of carbonyl (C=O) groups is 1. The quantitative estimate of drug-likeness (QED) is 0.715. The summed E-state index contributed by atoms with van der Waals surface area (Å²) in [4.78, 5) is 10.5. The Kier molecular flexibility index (Phi) is 2.90. The number of phenols is 1. The summed E-state index contributed by atoms with van der Waals surface area (Å²) in [5, 5.41) is 11.5. The largest absolute Gasteiger partial charge is 0.508 e. The van der Waals surface area contributed by atoms with Crippen LogP contribution in [-0.2, 0) is 4.79 Å².